The third kappa shape index (κ3) is 3.80. The average molecular weight is 391 g/mol. The largest absolute Gasteiger partial charge is 0.378 e. The second-order valence-electron chi connectivity index (χ2n) is 7.54. The zero-order valence-corrected chi connectivity index (χ0v) is 16.6. The number of nitrogens with zero attached hydrogens (tertiary/aromatic N) is 6. The quantitative estimate of drug-likeness (QED) is 0.726. The highest BCUT2D eigenvalue weighted by molar-refractivity contribution is 5.76. The summed E-state index contributed by atoms with van der Waals surface area (Å²) >= 11 is 0. The number of ether oxygens (including phenoxy) is 1. The number of morpholine rings is 1. The Kier molecular flexibility index (Phi) is 4.85. The molecule has 0 spiro atoms. The minimum absolute atomic E-state index is 0.280. The van der Waals surface area contributed by atoms with Crippen LogP contribution in [-0.2, 0) is 4.74 Å². The van der Waals surface area contributed by atoms with Crippen molar-refractivity contribution in [2.75, 3.05) is 54.5 Å². The molecule has 8 heteroatoms. The molecular formula is C21H25N7O. The number of fused-ring (bicyclic) bond motifs is 1. The van der Waals surface area contributed by atoms with Gasteiger partial charge in [0.15, 0.2) is 5.82 Å². The maximum Gasteiger partial charge on any atom is 0.224 e. The zero-order valence-electron chi connectivity index (χ0n) is 16.6. The lowest BCUT2D eigenvalue weighted by atomic mass is 10.3. The van der Waals surface area contributed by atoms with Gasteiger partial charge in [0.1, 0.15) is 5.82 Å². The van der Waals surface area contributed by atoms with Gasteiger partial charge in [0.2, 0.25) is 5.95 Å². The number of benzene rings is 1. The molecule has 29 heavy (non-hydrogen) atoms. The summed E-state index contributed by atoms with van der Waals surface area (Å²) in [6.07, 6.45) is 2.84. The van der Waals surface area contributed by atoms with Crippen molar-refractivity contribution in [1.82, 2.24) is 19.9 Å². The Labute approximate surface area is 170 Å². The van der Waals surface area contributed by atoms with Crippen molar-refractivity contribution in [1.29, 1.82) is 0 Å². The molecule has 2 aliphatic rings. The molecule has 2 aliphatic heterocycles. The number of para-hydroxylation sites is 2. The predicted molar refractivity (Wildman–Crippen MR) is 114 cm³/mol. The normalized spacial score (nSPS) is 19.7. The van der Waals surface area contributed by atoms with E-state index in [-0.39, 0.29) is 6.04 Å². The summed E-state index contributed by atoms with van der Waals surface area (Å²) in [6.45, 7) is 7.06. The first-order chi connectivity index (χ1) is 14.3. The van der Waals surface area contributed by atoms with Gasteiger partial charge >= 0.3 is 0 Å². The van der Waals surface area contributed by atoms with Crippen LogP contribution >= 0.6 is 0 Å². The highest BCUT2D eigenvalue weighted by atomic mass is 16.5. The van der Waals surface area contributed by atoms with Crippen LogP contribution in [-0.4, -0.2) is 65.4 Å². The molecule has 150 valence electrons. The first-order valence-corrected chi connectivity index (χ1v) is 10.2. The summed E-state index contributed by atoms with van der Waals surface area (Å²) in [6, 6.07) is 10.3. The summed E-state index contributed by atoms with van der Waals surface area (Å²) in [5, 5.41) is 3.51. The summed E-state index contributed by atoms with van der Waals surface area (Å²) in [4.78, 5) is 23.3. The van der Waals surface area contributed by atoms with Crippen LogP contribution < -0.4 is 15.1 Å². The topological polar surface area (TPSA) is 79.3 Å². The van der Waals surface area contributed by atoms with E-state index in [4.69, 9.17) is 19.7 Å². The molecule has 1 aromatic carbocycles. The Balaban J connectivity index is 1.28. The molecule has 2 aromatic heterocycles. The van der Waals surface area contributed by atoms with Crippen LogP contribution in [0, 0.1) is 6.92 Å². The van der Waals surface area contributed by atoms with Gasteiger partial charge in [-0.1, -0.05) is 12.1 Å². The summed E-state index contributed by atoms with van der Waals surface area (Å²) in [5.74, 6) is 2.61. The Bertz CT molecular complexity index is 1010. The lowest BCUT2D eigenvalue weighted by Crippen LogP contribution is -2.37. The fourth-order valence-corrected chi connectivity index (χ4v) is 4.02. The fourth-order valence-electron chi connectivity index (χ4n) is 4.02. The van der Waals surface area contributed by atoms with Crippen LogP contribution in [0.1, 0.15) is 12.1 Å². The number of hydrogen-bond acceptors (Lipinski definition) is 8. The molecule has 1 unspecified atom stereocenters. The number of aromatic nitrogens is 4. The van der Waals surface area contributed by atoms with Gasteiger partial charge in [-0.3, -0.25) is 0 Å². The van der Waals surface area contributed by atoms with Gasteiger partial charge in [0, 0.05) is 38.4 Å². The molecule has 1 atom stereocenters. The maximum atomic E-state index is 5.43. The monoisotopic (exact) mass is 391 g/mol. The van der Waals surface area contributed by atoms with Crippen molar-refractivity contribution in [3.8, 4) is 0 Å². The van der Waals surface area contributed by atoms with Crippen LogP contribution in [0.15, 0.2) is 36.5 Å². The van der Waals surface area contributed by atoms with Gasteiger partial charge in [0.25, 0.3) is 0 Å². The van der Waals surface area contributed by atoms with E-state index in [0.29, 0.717) is 5.95 Å². The molecular weight excluding hydrogens is 366 g/mol. The van der Waals surface area contributed by atoms with E-state index in [2.05, 4.69) is 20.1 Å². The first-order valence-electron chi connectivity index (χ1n) is 10.2. The van der Waals surface area contributed by atoms with Gasteiger partial charge in [-0.25, -0.2) is 15.0 Å². The minimum atomic E-state index is 0.280. The fraction of sp³-hybridized carbons (Fsp3) is 0.429. The number of rotatable bonds is 4. The molecule has 4 heterocycles. The van der Waals surface area contributed by atoms with Gasteiger partial charge < -0.3 is 19.9 Å². The molecule has 5 rings (SSSR count). The smallest absolute Gasteiger partial charge is 0.224 e. The van der Waals surface area contributed by atoms with Crippen molar-refractivity contribution in [2.24, 2.45) is 0 Å². The molecule has 2 saturated heterocycles. The lowest BCUT2D eigenvalue weighted by Gasteiger charge is -2.28. The Morgan fingerprint density at radius 3 is 2.59 bits per heavy atom. The Morgan fingerprint density at radius 1 is 0.966 bits per heavy atom. The van der Waals surface area contributed by atoms with Crippen molar-refractivity contribution >= 4 is 28.6 Å². The maximum absolute atomic E-state index is 5.43. The number of hydrogen-bond donors (Lipinski definition) is 1. The number of aryl methyl sites for hydroxylation is 1. The third-order valence-electron chi connectivity index (χ3n) is 5.52. The van der Waals surface area contributed by atoms with Gasteiger partial charge in [-0.05, 0) is 31.5 Å². The van der Waals surface area contributed by atoms with E-state index >= 15 is 0 Å². The third-order valence-corrected chi connectivity index (χ3v) is 5.52. The lowest BCUT2D eigenvalue weighted by molar-refractivity contribution is 0.122. The molecule has 3 aromatic rings. The van der Waals surface area contributed by atoms with E-state index in [0.717, 1.165) is 74.2 Å². The first kappa shape index (κ1) is 18.1. The van der Waals surface area contributed by atoms with Crippen molar-refractivity contribution in [3.63, 3.8) is 0 Å². The van der Waals surface area contributed by atoms with E-state index < -0.39 is 0 Å². The van der Waals surface area contributed by atoms with E-state index in [1.54, 1.807) is 0 Å². The molecule has 2 fully saturated rings. The summed E-state index contributed by atoms with van der Waals surface area (Å²) in [5.41, 5.74) is 2.84. The standard InChI is InChI=1S/C21H25N7O/c1-15-20(25-18-5-3-2-4-17(18)23-15)28-9-7-16(14-28)24-21-22-8-6-19(26-21)27-10-12-29-13-11-27/h2-6,8,16H,7,9-14H2,1H3,(H,22,24,26). The van der Waals surface area contributed by atoms with Crippen molar-refractivity contribution in [3.05, 3.63) is 42.2 Å². The molecule has 0 saturated carbocycles. The Morgan fingerprint density at radius 2 is 1.76 bits per heavy atom. The van der Waals surface area contributed by atoms with E-state index in [1.165, 1.54) is 0 Å². The van der Waals surface area contributed by atoms with Crippen LogP contribution in [0.2, 0.25) is 0 Å². The molecule has 0 aliphatic carbocycles. The van der Waals surface area contributed by atoms with Crippen LogP contribution in [0.4, 0.5) is 17.6 Å². The van der Waals surface area contributed by atoms with Gasteiger partial charge in [-0.2, -0.15) is 4.98 Å². The highest BCUT2D eigenvalue weighted by Gasteiger charge is 2.26. The van der Waals surface area contributed by atoms with E-state index in [9.17, 15) is 0 Å². The van der Waals surface area contributed by atoms with E-state index in [1.807, 2.05) is 43.5 Å². The predicted octanol–water partition coefficient (Wildman–Crippen LogP) is 2.26. The molecule has 8 nitrogen and oxygen atoms in total. The molecule has 0 bridgehead atoms. The molecule has 0 amide bonds. The van der Waals surface area contributed by atoms with Crippen molar-refractivity contribution < 1.29 is 4.74 Å². The van der Waals surface area contributed by atoms with Gasteiger partial charge in [0.05, 0.1) is 29.9 Å². The average Bonchev–Trinajstić information content (AvgIpc) is 3.22. The number of anilines is 3. The van der Waals surface area contributed by atoms with Gasteiger partial charge in [-0.15, -0.1) is 0 Å². The SMILES string of the molecule is Cc1nc2ccccc2nc1N1CCC(Nc2nccc(N3CCOCC3)n2)C1. The van der Waals surface area contributed by atoms with Crippen LogP contribution in [0.5, 0.6) is 0 Å². The highest BCUT2D eigenvalue weighted by Crippen LogP contribution is 2.25. The second kappa shape index (κ2) is 7.79. The minimum Gasteiger partial charge on any atom is -0.378 e. The zero-order chi connectivity index (χ0) is 19.6. The summed E-state index contributed by atoms with van der Waals surface area (Å²) in [7, 11) is 0. The second-order valence-corrected chi connectivity index (χ2v) is 7.54. The Hall–Kier alpha value is -3.00. The molecule has 1 N–H and O–H groups in total. The van der Waals surface area contributed by atoms with Crippen LogP contribution in [0.3, 0.4) is 0 Å². The summed E-state index contributed by atoms with van der Waals surface area (Å²) < 4.78 is 5.43. The van der Waals surface area contributed by atoms with Crippen LogP contribution in [0.25, 0.3) is 11.0 Å². The number of nitrogens with one attached hydrogen (secondary N) is 1. The molecule has 0 radical (unpaired) electrons. The van der Waals surface area contributed by atoms with Crippen molar-refractivity contribution in [2.45, 2.75) is 19.4 Å².